The number of carbonyl (C=O) groups is 1. The monoisotopic (exact) mass is 329 g/mol. The van der Waals surface area contributed by atoms with E-state index in [1.54, 1.807) is 12.1 Å². The van der Waals surface area contributed by atoms with Crippen LogP contribution in [0.2, 0.25) is 5.02 Å². The molecule has 5 heteroatoms. The van der Waals surface area contributed by atoms with Gasteiger partial charge in [-0.25, -0.2) is 4.79 Å². The average molecular weight is 331 g/mol. The molecule has 0 aliphatic heterocycles. The minimum absolute atomic E-state index is 0.292. The smallest absolute Gasteiger partial charge is 0.337 e. The highest BCUT2D eigenvalue weighted by Crippen LogP contribution is 2.34. The third kappa shape index (κ3) is 2.15. The maximum atomic E-state index is 11.6. The number of benzene rings is 1. The lowest BCUT2D eigenvalue weighted by atomic mass is 10.1. The fourth-order valence-corrected chi connectivity index (χ4v) is 2.86. The fourth-order valence-electron chi connectivity index (χ4n) is 1.94. The Labute approximate surface area is 119 Å². The number of hydrogen-bond donors (Lipinski definition) is 0. The summed E-state index contributed by atoms with van der Waals surface area (Å²) in [6.07, 6.45) is 1.88. The molecule has 0 radical (unpaired) electrons. The van der Waals surface area contributed by atoms with Gasteiger partial charge < -0.3 is 9.30 Å². The number of hydrogen-bond acceptors (Lipinski definition) is 2. The zero-order valence-electron chi connectivity index (χ0n) is 10.3. The predicted molar refractivity (Wildman–Crippen MR) is 76.4 cm³/mol. The molecule has 0 unspecified atom stereocenters. The summed E-state index contributed by atoms with van der Waals surface area (Å²) in [6, 6.07) is 3.80. The van der Waals surface area contributed by atoms with Crippen molar-refractivity contribution >= 4 is 44.4 Å². The minimum atomic E-state index is -0.369. The van der Waals surface area contributed by atoms with Crippen LogP contribution >= 0.6 is 27.5 Å². The molecule has 0 atom stereocenters. The van der Waals surface area contributed by atoms with Crippen LogP contribution in [0.15, 0.2) is 22.8 Å². The van der Waals surface area contributed by atoms with Gasteiger partial charge in [-0.3, -0.25) is 0 Å². The molecular weight excluding hydrogens is 318 g/mol. The number of ether oxygens (including phenoxy) is 1. The zero-order chi connectivity index (χ0) is 13.4. The highest BCUT2D eigenvalue weighted by molar-refractivity contribution is 9.10. The standard InChI is InChI=1S/C13H13BrClNO2/c1-7(2)16-6-11(15)9-4-8(13(17)18-3)5-10(14)12(9)16/h4-7H,1-3H3. The molecule has 1 heterocycles. The molecule has 2 rings (SSSR count). The van der Waals surface area contributed by atoms with Gasteiger partial charge in [0.2, 0.25) is 0 Å². The van der Waals surface area contributed by atoms with Crippen molar-refractivity contribution in [2.24, 2.45) is 0 Å². The summed E-state index contributed by atoms with van der Waals surface area (Å²) in [5.74, 6) is -0.369. The molecule has 0 saturated heterocycles. The number of methoxy groups -OCH3 is 1. The number of fused-ring (bicyclic) bond motifs is 1. The normalized spacial score (nSPS) is 11.2. The third-order valence-electron chi connectivity index (χ3n) is 2.81. The predicted octanol–water partition coefficient (Wildman–Crippen LogP) is 4.42. The van der Waals surface area contributed by atoms with Gasteiger partial charge in [-0.2, -0.15) is 0 Å². The van der Waals surface area contributed by atoms with Crippen molar-refractivity contribution in [2.45, 2.75) is 19.9 Å². The molecule has 1 aromatic heterocycles. The molecule has 3 nitrogen and oxygen atoms in total. The van der Waals surface area contributed by atoms with E-state index in [2.05, 4.69) is 34.3 Å². The molecule has 0 N–H and O–H groups in total. The van der Waals surface area contributed by atoms with Gasteiger partial charge in [-0.1, -0.05) is 11.6 Å². The van der Waals surface area contributed by atoms with Gasteiger partial charge >= 0.3 is 5.97 Å². The van der Waals surface area contributed by atoms with E-state index in [0.717, 1.165) is 15.4 Å². The molecule has 0 aliphatic rings. The van der Waals surface area contributed by atoms with E-state index in [1.807, 2.05) is 6.20 Å². The highest BCUT2D eigenvalue weighted by atomic mass is 79.9. The lowest BCUT2D eigenvalue weighted by Crippen LogP contribution is -2.02. The second-order valence-corrected chi connectivity index (χ2v) is 5.59. The summed E-state index contributed by atoms with van der Waals surface area (Å²) in [4.78, 5) is 11.6. The first-order chi connectivity index (χ1) is 8.45. The molecule has 0 spiro atoms. The van der Waals surface area contributed by atoms with Gasteiger partial charge in [0.1, 0.15) is 0 Å². The van der Waals surface area contributed by atoms with Crippen LogP contribution in [0.1, 0.15) is 30.2 Å². The topological polar surface area (TPSA) is 31.2 Å². The van der Waals surface area contributed by atoms with E-state index in [4.69, 9.17) is 16.3 Å². The van der Waals surface area contributed by atoms with Crippen molar-refractivity contribution in [1.82, 2.24) is 4.57 Å². The second-order valence-electron chi connectivity index (χ2n) is 4.32. The summed E-state index contributed by atoms with van der Waals surface area (Å²) in [6.45, 7) is 4.16. The van der Waals surface area contributed by atoms with Crippen molar-refractivity contribution in [3.05, 3.63) is 33.4 Å². The van der Waals surface area contributed by atoms with Gasteiger partial charge in [-0.15, -0.1) is 0 Å². The molecule has 18 heavy (non-hydrogen) atoms. The van der Waals surface area contributed by atoms with Gasteiger partial charge in [-0.05, 0) is 41.9 Å². The number of carbonyl (C=O) groups excluding carboxylic acids is 1. The van der Waals surface area contributed by atoms with Crippen LogP contribution < -0.4 is 0 Å². The van der Waals surface area contributed by atoms with Crippen LogP contribution in [-0.2, 0) is 4.74 Å². The van der Waals surface area contributed by atoms with E-state index in [-0.39, 0.29) is 5.97 Å². The quantitative estimate of drug-likeness (QED) is 0.763. The van der Waals surface area contributed by atoms with Gasteiger partial charge in [0.15, 0.2) is 0 Å². The Balaban J connectivity index is 2.75. The van der Waals surface area contributed by atoms with Crippen LogP contribution in [0.25, 0.3) is 10.9 Å². The molecular formula is C13H13BrClNO2. The van der Waals surface area contributed by atoms with Gasteiger partial charge in [0.25, 0.3) is 0 Å². The van der Waals surface area contributed by atoms with E-state index < -0.39 is 0 Å². The number of halogens is 2. The Kier molecular flexibility index (Phi) is 3.69. The van der Waals surface area contributed by atoms with Gasteiger partial charge in [0.05, 0.1) is 23.2 Å². The SMILES string of the molecule is COC(=O)c1cc(Br)c2c(c1)c(Cl)cn2C(C)C. The largest absolute Gasteiger partial charge is 0.465 e. The van der Waals surface area contributed by atoms with E-state index >= 15 is 0 Å². The van der Waals surface area contributed by atoms with E-state index in [0.29, 0.717) is 16.6 Å². The number of esters is 1. The lowest BCUT2D eigenvalue weighted by molar-refractivity contribution is 0.0601. The van der Waals surface area contributed by atoms with Gasteiger partial charge in [0, 0.05) is 22.1 Å². The van der Waals surface area contributed by atoms with Crippen molar-refractivity contribution in [3.8, 4) is 0 Å². The number of nitrogens with zero attached hydrogens (tertiary/aromatic N) is 1. The first kappa shape index (κ1) is 13.4. The lowest BCUT2D eigenvalue weighted by Gasteiger charge is -2.11. The summed E-state index contributed by atoms with van der Waals surface area (Å²) >= 11 is 9.71. The van der Waals surface area contributed by atoms with Crippen LogP contribution in [-0.4, -0.2) is 17.6 Å². The Bertz CT molecular complexity index is 619. The maximum Gasteiger partial charge on any atom is 0.337 e. The van der Waals surface area contributed by atoms with Crippen LogP contribution in [0, 0.1) is 0 Å². The Hall–Kier alpha value is -1.00. The first-order valence-electron chi connectivity index (χ1n) is 5.53. The van der Waals surface area contributed by atoms with Crippen LogP contribution in [0.4, 0.5) is 0 Å². The summed E-state index contributed by atoms with van der Waals surface area (Å²) < 4.78 is 7.63. The Morgan fingerprint density at radius 1 is 1.44 bits per heavy atom. The molecule has 0 saturated carbocycles. The molecule has 0 amide bonds. The summed E-state index contributed by atoms with van der Waals surface area (Å²) in [7, 11) is 1.36. The minimum Gasteiger partial charge on any atom is -0.465 e. The van der Waals surface area contributed by atoms with Crippen molar-refractivity contribution in [1.29, 1.82) is 0 Å². The maximum absolute atomic E-state index is 11.6. The van der Waals surface area contributed by atoms with E-state index in [9.17, 15) is 4.79 Å². The summed E-state index contributed by atoms with van der Waals surface area (Å²) in [5.41, 5.74) is 1.47. The molecule has 0 aliphatic carbocycles. The second kappa shape index (κ2) is 4.94. The Morgan fingerprint density at radius 2 is 2.11 bits per heavy atom. The van der Waals surface area contributed by atoms with Crippen LogP contribution in [0.5, 0.6) is 0 Å². The third-order valence-corrected chi connectivity index (χ3v) is 3.71. The highest BCUT2D eigenvalue weighted by Gasteiger charge is 2.16. The molecule has 96 valence electrons. The average Bonchev–Trinajstić information content (AvgIpc) is 2.66. The Morgan fingerprint density at radius 3 is 2.67 bits per heavy atom. The number of rotatable bonds is 2. The molecule has 0 bridgehead atoms. The molecule has 1 aromatic carbocycles. The van der Waals surface area contributed by atoms with Crippen molar-refractivity contribution in [2.75, 3.05) is 7.11 Å². The zero-order valence-corrected chi connectivity index (χ0v) is 12.7. The first-order valence-corrected chi connectivity index (χ1v) is 6.70. The molecule has 0 fully saturated rings. The molecule has 2 aromatic rings. The van der Waals surface area contributed by atoms with E-state index in [1.165, 1.54) is 7.11 Å². The number of aromatic nitrogens is 1. The van der Waals surface area contributed by atoms with Crippen molar-refractivity contribution < 1.29 is 9.53 Å². The summed E-state index contributed by atoms with van der Waals surface area (Å²) in [5, 5.41) is 1.48. The fraction of sp³-hybridized carbons (Fsp3) is 0.308. The van der Waals surface area contributed by atoms with Crippen molar-refractivity contribution in [3.63, 3.8) is 0 Å². The van der Waals surface area contributed by atoms with Crippen LogP contribution in [0.3, 0.4) is 0 Å².